The van der Waals surface area contributed by atoms with E-state index in [0.29, 0.717) is 18.4 Å². The van der Waals surface area contributed by atoms with Crippen LogP contribution in [0.2, 0.25) is 0 Å². The van der Waals surface area contributed by atoms with E-state index in [0.717, 1.165) is 57.2 Å². The van der Waals surface area contributed by atoms with Crippen LogP contribution in [0.1, 0.15) is 80.2 Å². The highest BCUT2D eigenvalue weighted by atomic mass is 32.2. The zero-order chi connectivity index (χ0) is 24.4. The molecule has 2 heterocycles. The largest absolute Gasteiger partial charge is 0.296 e. The molecule has 1 amide bonds. The van der Waals surface area contributed by atoms with Gasteiger partial charge in [0.25, 0.3) is 0 Å². The molecule has 9 nitrogen and oxygen atoms in total. The molecule has 2 aromatic rings. The quantitative estimate of drug-likeness (QED) is 0.591. The number of rotatable bonds is 7. The molecule has 2 N–H and O–H groups in total. The molecule has 1 aromatic carbocycles. The molecule has 3 aliphatic rings. The Kier molecular flexibility index (Phi) is 7.15. The van der Waals surface area contributed by atoms with Crippen molar-refractivity contribution in [2.24, 2.45) is 11.8 Å². The molecule has 2 fully saturated rings. The first-order chi connectivity index (χ1) is 16.9. The highest BCUT2D eigenvalue weighted by Crippen LogP contribution is 2.48. The second-order valence-corrected chi connectivity index (χ2v) is 12.6. The van der Waals surface area contributed by atoms with Crippen molar-refractivity contribution < 1.29 is 17.6 Å². The van der Waals surface area contributed by atoms with Crippen molar-refractivity contribution in [3.05, 3.63) is 35.1 Å². The van der Waals surface area contributed by atoms with Crippen LogP contribution in [0.4, 0.5) is 10.3 Å². The number of nitrogens with zero attached hydrogens (tertiary/aromatic N) is 4. The number of carbonyl (C=O) groups excluding carboxylic acids is 1. The van der Waals surface area contributed by atoms with E-state index >= 15 is 0 Å². The molecule has 5 rings (SSSR count). The minimum Gasteiger partial charge on any atom is -0.296 e. The van der Waals surface area contributed by atoms with Gasteiger partial charge in [-0.2, -0.15) is 0 Å². The summed E-state index contributed by atoms with van der Waals surface area (Å²) in [6.45, 7) is 1.55. The maximum atomic E-state index is 14.2. The summed E-state index contributed by atoms with van der Waals surface area (Å²) in [7, 11) is -3.38. The predicted octanol–water partition coefficient (Wildman–Crippen LogP) is 3.56. The maximum absolute atomic E-state index is 14.2. The Labute approximate surface area is 205 Å². The molecule has 1 aromatic heterocycles. The van der Waals surface area contributed by atoms with Gasteiger partial charge in [-0.15, -0.1) is 0 Å². The molecule has 1 aliphatic heterocycles. The van der Waals surface area contributed by atoms with Gasteiger partial charge in [-0.05, 0) is 90.7 Å². The molecule has 1 saturated heterocycles. The van der Waals surface area contributed by atoms with Crippen molar-refractivity contribution in [3.63, 3.8) is 0 Å². The van der Waals surface area contributed by atoms with Gasteiger partial charge in [0.05, 0.1) is 11.0 Å². The number of amides is 1. The van der Waals surface area contributed by atoms with E-state index in [-0.39, 0.29) is 41.3 Å². The molecular formula is C24H33FN6O3S. The lowest BCUT2D eigenvalue weighted by Crippen LogP contribution is -2.37. The Bertz CT molecular complexity index is 1130. The first-order valence-corrected chi connectivity index (χ1v) is 14.4. The van der Waals surface area contributed by atoms with Crippen LogP contribution in [-0.4, -0.2) is 58.7 Å². The van der Waals surface area contributed by atoms with Crippen LogP contribution in [0.5, 0.6) is 0 Å². The van der Waals surface area contributed by atoms with Crippen molar-refractivity contribution in [1.29, 1.82) is 0 Å². The molecule has 0 radical (unpaired) electrons. The van der Waals surface area contributed by atoms with E-state index in [2.05, 4.69) is 30.8 Å². The number of hydrogen-bond acceptors (Lipinski definition) is 7. The van der Waals surface area contributed by atoms with Crippen LogP contribution in [-0.2, 0) is 14.6 Å². The fourth-order valence-electron chi connectivity index (χ4n) is 6.20. The van der Waals surface area contributed by atoms with Gasteiger partial charge < -0.3 is 0 Å². The number of carbonyl (C=O) groups is 1. The number of benzene rings is 1. The fourth-order valence-corrected chi connectivity index (χ4v) is 8.48. The van der Waals surface area contributed by atoms with Crippen LogP contribution in [0, 0.1) is 17.7 Å². The van der Waals surface area contributed by atoms with Gasteiger partial charge in [-0.3, -0.25) is 15.0 Å². The number of tetrazole rings is 1. The molecule has 2 aliphatic carbocycles. The van der Waals surface area contributed by atoms with Crippen LogP contribution in [0.3, 0.4) is 0 Å². The number of likely N-dealkylation sites (tertiary alicyclic amines) is 1. The number of piperidine rings is 1. The first kappa shape index (κ1) is 24.3. The average molecular weight is 505 g/mol. The Morgan fingerprint density at radius 3 is 2.57 bits per heavy atom. The SMILES string of the molecule is O=C(CC1CCN([C@H]2CC(S(=O)(=O)CC3CCCCC3)c3cc(F)ccc32)CC1)Nc1nnn[nH]1. The molecule has 190 valence electrons. The molecule has 0 spiro atoms. The number of fused-ring (bicyclic) bond motifs is 1. The summed E-state index contributed by atoms with van der Waals surface area (Å²) >= 11 is 0. The van der Waals surface area contributed by atoms with Crippen molar-refractivity contribution in [1.82, 2.24) is 25.5 Å². The average Bonchev–Trinajstić information content (AvgIpc) is 3.48. The second-order valence-electron chi connectivity index (χ2n) is 10.3. The summed E-state index contributed by atoms with van der Waals surface area (Å²) in [5.41, 5.74) is 1.59. The van der Waals surface area contributed by atoms with Crippen molar-refractivity contribution in [2.45, 2.75) is 69.1 Å². The molecule has 35 heavy (non-hydrogen) atoms. The Morgan fingerprint density at radius 1 is 1.09 bits per heavy atom. The summed E-state index contributed by atoms with van der Waals surface area (Å²) in [6.07, 6.45) is 7.88. The Morgan fingerprint density at radius 2 is 1.86 bits per heavy atom. The van der Waals surface area contributed by atoms with E-state index in [1.807, 2.05) is 0 Å². The van der Waals surface area contributed by atoms with E-state index < -0.39 is 15.1 Å². The van der Waals surface area contributed by atoms with E-state index in [1.165, 1.54) is 18.6 Å². The smallest absolute Gasteiger partial charge is 0.246 e. The number of nitrogens with one attached hydrogen (secondary N) is 2. The summed E-state index contributed by atoms with van der Waals surface area (Å²) in [5, 5.41) is 15.1. The number of aromatic nitrogens is 4. The third-order valence-corrected chi connectivity index (χ3v) is 10.2. The number of anilines is 1. The normalized spacial score (nSPS) is 24.4. The molecule has 1 saturated carbocycles. The van der Waals surface area contributed by atoms with Gasteiger partial charge in [-0.25, -0.2) is 17.9 Å². The van der Waals surface area contributed by atoms with Gasteiger partial charge in [0.2, 0.25) is 11.9 Å². The fraction of sp³-hybridized carbons (Fsp3) is 0.667. The molecule has 11 heteroatoms. The lowest BCUT2D eigenvalue weighted by atomic mass is 9.91. The summed E-state index contributed by atoms with van der Waals surface area (Å²) in [6, 6.07) is 4.62. The summed E-state index contributed by atoms with van der Waals surface area (Å²) < 4.78 is 41.2. The summed E-state index contributed by atoms with van der Waals surface area (Å²) in [4.78, 5) is 14.6. The van der Waals surface area contributed by atoms with Crippen LogP contribution in [0.15, 0.2) is 18.2 Å². The van der Waals surface area contributed by atoms with Gasteiger partial charge in [0, 0.05) is 12.5 Å². The first-order valence-electron chi connectivity index (χ1n) is 12.7. The number of aromatic amines is 1. The Balaban J connectivity index is 1.24. The minimum absolute atomic E-state index is 0.0354. The van der Waals surface area contributed by atoms with Crippen LogP contribution < -0.4 is 5.32 Å². The predicted molar refractivity (Wildman–Crippen MR) is 129 cm³/mol. The lowest BCUT2D eigenvalue weighted by molar-refractivity contribution is -0.117. The molecule has 2 atom stereocenters. The van der Waals surface area contributed by atoms with E-state index in [1.54, 1.807) is 6.07 Å². The molecule has 1 unspecified atom stereocenters. The second kappa shape index (κ2) is 10.3. The highest BCUT2D eigenvalue weighted by Gasteiger charge is 2.43. The van der Waals surface area contributed by atoms with Crippen molar-refractivity contribution >= 4 is 21.7 Å². The number of hydrogen-bond donors (Lipinski definition) is 2. The van der Waals surface area contributed by atoms with Gasteiger partial charge in [0.1, 0.15) is 5.82 Å². The zero-order valence-electron chi connectivity index (χ0n) is 19.8. The molecule has 0 bridgehead atoms. The van der Waals surface area contributed by atoms with E-state index in [4.69, 9.17) is 0 Å². The van der Waals surface area contributed by atoms with E-state index in [9.17, 15) is 17.6 Å². The standard InChI is InChI=1S/C24H33FN6O3S/c25-18-6-7-19-20(13-18)22(35(33,34)15-17-4-2-1-3-5-17)14-21(19)31-10-8-16(9-11-31)12-23(32)26-24-27-29-30-28-24/h6-7,13,16-17,21-22H,1-5,8-12,14-15H2,(H2,26,27,28,29,30,32)/t21-,22?/m0/s1. The van der Waals surface area contributed by atoms with Crippen LogP contribution >= 0.6 is 0 Å². The van der Waals surface area contributed by atoms with Crippen molar-refractivity contribution in [3.8, 4) is 0 Å². The third kappa shape index (κ3) is 5.55. The van der Waals surface area contributed by atoms with Gasteiger partial charge in [-0.1, -0.05) is 30.4 Å². The monoisotopic (exact) mass is 504 g/mol. The Hall–Kier alpha value is -2.40. The minimum atomic E-state index is -3.38. The van der Waals surface area contributed by atoms with Crippen LogP contribution in [0.25, 0.3) is 0 Å². The third-order valence-electron chi connectivity index (χ3n) is 7.99. The zero-order valence-corrected chi connectivity index (χ0v) is 20.6. The molecular weight excluding hydrogens is 471 g/mol. The number of sulfone groups is 1. The topological polar surface area (TPSA) is 121 Å². The number of H-pyrrole nitrogens is 1. The van der Waals surface area contributed by atoms with Gasteiger partial charge >= 0.3 is 0 Å². The number of halogens is 1. The highest BCUT2D eigenvalue weighted by molar-refractivity contribution is 7.91. The van der Waals surface area contributed by atoms with Gasteiger partial charge in [0.15, 0.2) is 9.84 Å². The lowest BCUT2D eigenvalue weighted by Gasteiger charge is -2.36. The summed E-state index contributed by atoms with van der Waals surface area (Å²) in [5.74, 6) is 0.397. The van der Waals surface area contributed by atoms with Crippen molar-refractivity contribution in [2.75, 3.05) is 24.2 Å². The maximum Gasteiger partial charge on any atom is 0.246 e.